The summed E-state index contributed by atoms with van der Waals surface area (Å²) in [5, 5.41) is 23.3. The van der Waals surface area contributed by atoms with Crippen molar-refractivity contribution >= 4 is 18.0 Å². The van der Waals surface area contributed by atoms with Gasteiger partial charge < -0.3 is 30.5 Å². The summed E-state index contributed by atoms with van der Waals surface area (Å²) in [4.78, 5) is 38.6. The van der Waals surface area contributed by atoms with Crippen molar-refractivity contribution in [2.45, 2.75) is 30.8 Å². The van der Waals surface area contributed by atoms with E-state index in [0.29, 0.717) is 6.54 Å². The third kappa shape index (κ3) is 6.12. The van der Waals surface area contributed by atoms with E-state index in [9.17, 15) is 19.5 Å². The normalized spacial score (nSPS) is 14.1. The summed E-state index contributed by atoms with van der Waals surface area (Å²) in [6.07, 6.45) is -0.629. The second kappa shape index (κ2) is 11.6. The molecule has 9 heteroatoms. The molecule has 0 saturated heterocycles. The molecule has 2 amide bonds. The van der Waals surface area contributed by atoms with E-state index < -0.39 is 30.1 Å². The number of rotatable bonds is 11. The zero-order valence-corrected chi connectivity index (χ0v) is 19.4. The van der Waals surface area contributed by atoms with Crippen LogP contribution in [0.1, 0.15) is 29.9 Å². The molecular formula is C25H31N3O6. The minimum atomic E-state index is -1.25. The summed E-state index contributed by atoms with van der Waals surface area (Å²) in [7, 11) is 3.65. The average molecular weight is 470 g/mol. The second-order valence-corrected chi connectivity index (χ2v) is 8.53. The lowest BCUT2D eigenvalue weighted by Crippen LogP contribution is -2.52. The Labute approximate surface area is 198 Å². The number of amides is 2. The minimum absolute atomic E-state index is 0.101. The predicted octanol–water partition coefficient (Wildman–Crippen LogP) is 1.80. The molecule has 2 aromatic rings. The number of benzene rings is 2. The maximum absolute atomic E-state index is 12.7. The average Bonchev–Trinajstić information content (AvgIpc) is 3.13. The van der Waals surface area contributed by atoms with E-state index in [1.165, 1.54) is 0 Å². The molecule has 0 heterocycles. The van der Waals surface area contributed by atoms with Crippen molar-refractivity contribution in [2.75, 3.05) is 33.9 Å². The molecular weight excluding hydrogens is 438 g/mol. The Kier molecular flexibility index (Phi) is 8.61. The van der Waals surface area contributed by atoms with E-state index in [1.54, 1.807) is 0 Å². The van der Waals surface area contributed by atoms with E-state index in [0.717, 1.165) is 22.3 Å². The highest BCUT2D eigenvalue weighted by molar-refractivity contribution is 5.89. The molecule has 2 aromatic carbocycles. The zero-order valence-electron chi connectivity index (χ0n) is 19.4. The van der Waals surface area contributed by atoms with Gasteiger partial charge in [-0.2, -0.15) is 0 Å². The first-order chi connectivity index (χ1) is 16.3. The molecule has 1 aliphatic carbocycles. The van der Waals surface area contributed by atoms with Crippen LogP contribution in [0.5, 0.6) is 0 Å². The summed E-state index contributed by atoms with van der Waals surface area (Å²) >= 11 is 0. The Hall–Kier alpha value is -3.43. The van der Waals surface area contributed by atoms with E-state index in [-0.39, 0.29) is 32.0 Å². The number of hydrogen-bond donors (Lipinski definition) is 4. The molecule has 0 saturated carbocycles. The largest absolute Gasteiger partial charge is 0.480 e. The van der Waals surface area contributed by atoms with Gasteiger partial charge in [-0.05, 0) is 49.3 Å². The highest BCUT2D eigenvalue weighted by Gasteiger charge is 2.30. The molecule has 1 unspecified atom stereocenters. The number of carbonyl (C=O) groups is 3. The van der Waals surface area contributed by atoms with Gasteiger partial charge in [0, 0.05) is 18.9 Å². The van der Waals surface area contributed by atoms with Gasteiger partial charge in [-0.15, -0.1) is 0 Å². The molecule has 2 atom stereocenters. The number of aliphatic hydroxyl groups is 1. The number of carbonyl (C=O) groups excluding carboxylic acids is 2. The Bertz CT molecular complexity index is 980. The fourth-order valence-electron chi connectivity index (χ4n) is 4.10. The van der Waals surface area contributed by atoms with Crippen LogP contribution in [0.3, 0.4) is 0 Å². The Balaban J connectivity index is 1.66. The molecule has 34 heavy (non-hydrogen) atoms. The summed E-state index contributed by atoms with van der Waals surface area (Å²) < 4.78 is 5.53. The number of aliphatic hydroxyl groups excluding tert-OH is 1. The van der Waals surface area contributed by atoms with Gasteiger partial charge in [0.15, 0.2) is 0 Å². The molecule has 0 aliphatic heterocycles. The van der Waals surface area contributed by atoms with Crippen molar-refractivity contribution < 1.29 is 29.3 Å². The third-order valence-corrected chi connectivity index (χ3v) is 5.85. The van der Waals surface area contributed by atoms with E-state index in [2.05, 4.69) is 10.6 Å². The van der Waals surface area contributed by atoms with Gasteiger partial charge in [-0.1, -0.05) is 48.5 Å². The molecule has 9 nitrogen and oxygen atoms in total. The quantitative estimate of drug-likeness (QED) is 0.395. The summed E-state index contributed by atoms with van der Waals surface area (Å²) in [6.45, 7) is 0.197. The van der Waals surface area contributed by atoms with Crippen LogP contribution >= 0.6 is 0 Å². The molecule has 0 spiro atoms. The van der Waals surface area contributed by atoms with Gasteiger partial charge in [0.25, 0.3) is 0 Å². The van der Waals surface area contributed by atoms with Crippen molar-refractivity contribution in [3.05, 3.63) is 59.7 Å². The summed E-state index contributed by atoms with van der Waals surface area (Å²) in [5.74, 6) is -2.01. The maximum atomic E-state index is 12.7. The number of carboxylic acid groups (broad SMARTS) is 1. The lowest BCUT2D eigenvalue weighted by atomic mass is 9.98. The first kappa shape index (κ1) is 25.2. The SMILES string of the molecule is CN(C)CCC(NC(=O)OCC1c2ccccc2-c2ccccc21)C(=O)N[C@H](CCO)C(=O)O. The highest BCUT2D eigenvalue weighted by atomic mass is 16.5. The topological polar surface area (TPSA) is 128 Å². The number of ether oxygens (including phenoxy) is 1. The second-order valence-electron chi connectivity index (χ2n) is 8.53. The monoisotopic (exact) mass is 469 g/mol. The lowest BCUT2D eigenvalue weighted by Gasteiger charge is -2.23. The number of alkyl carbamates (subject to hydrolysis) is 1. The van der Waals surface area contributed by atoms with Crippen molar-refractivity contribution in [1.29, 1.82) is 0 Å². The van der Waals surface area contributed by atoms with Crippen LogP contribution in [0, 0.1) is 0 Å². The molecule has 0 bridgehead atoms. The van der Waals surface area contributed by atoms with Crippen molar-refractivity contribution in [2.24, 2.45) is 0 Å². The minimum Gasteiger partial charge on any atom is -0.480 e. The first-order valence-corrected chi connectivity index (χ1v) is 11.2. The smallest absolute Gasteiger partial charge is 0.407 e. The Morgan fingerprint density at radius 3 is 2.06 bits per heavy atom. The summed E-state index contributed by atoms with van der Waals surface area (Å²) in [5.41, 5.74) is 4.37. The van der Waals surface area contributed by atoms with Gasteiger partial charge in [0.2, 0.25) is 5.91 Å². The van der Waals surface area contributed by atoms with E-state index >= 15 is 0 Å². The van der Waals surface area contributed by atoms with Crippen molar-refractivity contribution in [3.63, 3.8) is 0 Å². The van der Waals surface area contributed by atoms with Crippen LogP contribution in [-0.2, 0) is 14.3 Å². The fourth-order valence-corrected chi connectivity index (χ4v) is 4.10. The van der Waals surface area contributed by atoms with Crippen molar-refractivity contribution in [3.8, 4) is 11.1 Å². The highest BCUT2D eigenvalue weighted by Crippen LogP contribution is 2.44. The van der Waals surface area contributed by atoms with Gasteiger partial charge in [0.05, 0.1) is 0 Å². The molecule has 182 valence electrons. The van der Waals surface area contributed by atoms with Gasteiger partial charge in [-0.25, -0.2) is 9.59 Å². The number of hydrogen-bond acceptors (Lipinski definition) is 6. The van der Waals surface area contributed by atoms with Gasteiger partial charge >= 0.3 is 12.1 Å². The molecule has 1 aliphatic rings. The molecule has 0 aromatic heterocycles. The van der Waals surface area contributed by atoms with E-state index in [1.807, 2.05) is 67.5 Å². The van der Waals surface area contributed by atoms with Gasteiger partial charge in [0.1, 0.15) is 18.7 Å². The summed E-state index contributed by atoms with van der Waals surface area (Å²) in [6, 6.07) is 13.7. The molecule has 0 fully saturated rings. The Morgan fingerprint density at radius 2 is 1.53 bits per heavy atom. The third-order valence-electron chi connectivity index (χ3n) is 5.85. The predicted molar refractivity (Wildman–Crippen MR) is 126 cm³/mol. The van der Waals surface area contributed by atoms with Crippen LogP contribution in [0.15, 0.2) is 48.5 Å². The first-order valence-electron chi connectivity index (χ1n) is 11.2. The number of aliphatic carboxylic acids is 1. The van der Waals surface area contributed by atoms with Crippen LogP contribution in [0.2, 0.25) is 0 Å². The van der Waals surface area contributed by atoms with Gasteiger partial charge in [-0.3, -0.25) is 4.79 Å². The van der Waals surface area contributed by atoms with Crippen LogP contribution < -0.4 is 10.6 Å². The molecule has 4 N–H and O–H groups in total. The number of nitrogens with one attached hydrogen (secondary N) is 2. The van der Waals surface area contributed by atoms with Crippen molar-refractivity contribution in [1.82, 2.24) is 15.5 Å². The maximum Gasteiger partial charge on any atom is 0.407 e. The molecule has 3 rings (SSSR count). The van der Waals surface area contributed by atoms with E-state index in [4.69, 9.17) is 9.84 Å². The molecule has 0 radical (unpaired) electrons. The lowest BCUT2D eigenvalue weighted by molar-refractivity contribution is -0.142. The number of carboxylic acids is 1. The number of fused-ring (bicyclic) bond motifs is 3. The number of nitrogens with zero attached hydrogens (tertiary/aromatic N) is 1. The fraction of sp³-hybridized carbons (Fsp3) is 0.400. The van der Waals surface area contributed by atoms with Crippen LogP contribution in [-0.4, -0.2) is 79.0 Å². The van der Waals surface area contributed by atoms with Crippen LogP contribution in [0.25, 0.3) is 11.1 Å². The zero-order chi connectivity index (χ0) is 24.7. The standard InChI is InChI=1S/C25H31N3O6/c1-28(2)13-11-21(23(30)26-22(12-14-29)24(31)32)27-25(33)34-15-20-18-9-5-3-7-16(18)17-8-4-6-10-19(17)20/h3-10,20-22,29H,11-15H2,1-2H3,(H,26,30)(H,27,33)(H,31,32)/t21?,22-/m1/s1. The van der Waals surface area contributed by atoms with Crippen LogP contribution in [0.4, 0.5) is 4.79 Å². The Morgan fingerprint density at radius 1 is 0.941 bits per heavy atom.